The van der Waals surface area contributed by atoms with Gasteiger partial charge in [0.1, 0.15) is 0 Å². The second-order valence-corrected chi connectivity index (χ2v) is 11.0. The molecule has 3 aromatic rings. The molecular weight excluding hydrogens is 418 g/mol. The molecule has 0 aliphatic carbocycles. The fourth-order valence-electron chi connectivity index (χ4n) is 3.89. The number of anilines is 1. The lowest BCUT2D eigenvalue weighted by Crippen LogP contribution is -2.39. The maximum Gasteiger partial charge on any atom is 0.257 e. The number of nitrogens with zero attached hydrogens (tertiary/aromatic N) is 2. The second-order valence-electron chi connectivity index (χ2n) is 8.04. The van der Waals surface area contributed by atoms with Gasteiger partial charge in [0.15, 0.2) is 5.13 Å². The third kappa shape index (κ3) is 4.12. The van der Waals surface area contributed by atoms with E-state index in [1.807, 2.05) is 19.9 Å². The van der Waals surface area contributed by atoms with Crippen molar-refractivity contribution < 1.29 is 13.2 Å². The van der Waals surface area contributed by atoms with Crippen molar-refractivity contribution in [2.45, 2.75) is 38.5 Å². The number of benzene rings is 2. The largest absolute Gasteiger partial charge is 0.298 e. The molecule has 2 heterocycles. The molecule has 0 unspecified atom stereocenters. The molecule has 1 aromatic heterocycles. The van der Waals surface area contributed by atoms with Crippen molar-refractivity contribution in [1.29, 1.82) is 0 Å². The van der Waals surface area contributed by atoms with E-state index in [0.29, 0.717) is 29.7 Å². The van der Waals surface area contributed by atoms with Gasteiger partial charge in [-0.2, -0.15) is 4.31 Å². The predicted molar refractivity (Wildman–Crippen MR) is 121 cm³/mol. The number of amides is 1. The fraction of sp³-hybridized carbons (Fsp3) is 0.364. The quantitative estimate of drug-likeness (QED) is 0.640. The summed E-state index contributed by atoms with van der Waals surface area (Å²) in [5.41, 5.74) is 3.52. The zero-order valence-electron chi connectivity index (χ0n) is 17.3. The number of aryl methyl sites for hydroxylation is 2. The normalized spacial score (nSPS) is 17.9. The van der Waals surface area contributed by atoms with E-state index in [9.17, 15) is 13.2 Å². The summed E-state index contributed by atoms with van der Waals surface area (Å²) in [6.45, 7) is 7.21. The third-order valence-electron chi connectivity index (χ3n) is 5.41. The van der Waals surface area contributed by atoms with Crippen LogP contribution in [0.3, 0.4) is 0 Å². The minimum absolute atomic E-state index is 0.222. The molecule has 8 heteroatoms. The zero-order valence-corrected chi connectivity index (χ0v) is 18.9. The van der Waals surface area contributed by atoms with Crippen LogP contribution in [0.4, 0.5) is 5.13 Å². The Bertz CT molecular complexity index is 1200. The Balaban J connectivity index is 1.51. The van der Waals surface area contributed by atoms with Gasteiger partial charge < -0.3 is 0 Å². The van der Waals surface area contributed by atoms with Gasteiger partial charge in [-0.25, -0.2) is 13.4 Å². The number of hydrogen-bond donors (Lipinski definition) is 1. The van der Waals surface area contributed by atoms with E-state index in [0.717, 1.165) is 34.2 Å². The van der Waals surface area contributed by atoms with Gasteiger partial charge in [-0.1, -0.05) is 24.3 Å². The third-order valence-corrected chi connectivity index (χ3v) is 8.42. The van der Waals surface area contributed by atoms with Crippen LogP contribution in [0.2, 0.25) is 0 Å². The summed E-state index contributed by atoms with van der Waals surface area (Å²) < 4.78 is 28.4. The number of hydrogen-bond acceptors (Lipinski definition) is 5. The lowest BCUT2D eigenvalue weighted by molar-refractivity contribution is 0.102. The van der Waals surface area contributed by atoms with Crippen LogP contribution in [0.25, 0.3) is 10.2 Å². The highest BCUT2D eigenvalue weighted by Crippen LogP contribution is 2.30. The first kappa shape index (κ1) is 21.0. The summed E-state index contributed by atoms with van der Waals surface area (Å²) in [7, 11) is -3.53. The molecule has 158 valence electrons. The Kier molecular flexibility index (Phi) is 5.65. The minimum Gasteiger partial charge on any atom is -0.298 e. The Labute approximate surface area is 181 Å². The fourth-order valence-corrected chi connectivity index (χ4v) is 6.40. The molecule has 1 fully saturated rings. The van der Waals surface area contributed by atoms with E-state index in [4.69, 9.17) is 0 Å². The smallest absolute Gasteiger partial charge is 0.257 e. The number of piperidine rings is 1. The van der Waals surface area contributed by atoms with Crippen LogP contribution in [0.15, 0.2) is 41.3 Å². The van der Waals surface area contributed by atoms with Gasteiger partial charge in [-0.3, -0.25) is 10.1 Å². The SMILES string of the molecule is Cc1cc(C)c2sc(NC(=O)c3ccc(S(=O)(=O)N4CCC[C@@H](C)C4)cc3)nc2c1. The number of rotatable bonds is 4. The number of sulfonamides is 1. The number of carbonyl (C=O) groups excluding carboxylic acids is 1. The van der Waals surface area contributed by atoms with E-state index >= 15 is 0 Å². The van der Waals surface area contributed by atoms with Crippen LogP contribution in [-0.2, 0) is 10.0 Å². The Morgan fingerprint density at radius 2 is 1.93 bits per heavy atom. The molecule has 1 atom stereocenters. The van der Waals surface area contributed by atoms with Crippen molar-refractivity contribution >= 4 is 42.6 Å². The summed E-state index contributed by atoms with van der Waals surface area (Å²) >= 11 is 1.44. The van der Waals surface area contributed by atoms with Gasteiger partial charge >= 0.3 is 0 Å². The van der Waals surface area contributed by atoms with Crippen molar-refractivity contribution in [3.63, 3.8) is 0 Å². The highest BCUT2D eigenvalue weighted by Gasteiger charge is 2.28. The summed E-state index contributed by atoms with van der Waals surface area (Å²) in [5, 5.41) is 3.36. The van der Waals surface area contributed by atoms with Crippen molar-refractivity contribution in [2.75, 3.05) is 18.4 Å². The van der Waals surface area contributed by atoms with Gasteiger partial charge in [0.2, 0.25) is 10.0 Å². The van der Waals surface area contributed by atoms with E-state index in [2.05, 4.69) is 23.3 Å². The van der Waals surface area contributed by atoms with Gasteiger partial charge in [-0.05, 0) is 74.1 Å². The van der Waals surface area contributed by atoms with Gasteiger partial charge in [0.05, 0.1) is 15.1 Å². The van der Waals surface area contributed by atoms with E-state index in [1.165, 1.54) is 23.5 Å². The number of aromatic nitrogens is 1. The van der Waals surface area contributed by atoms with Crippen LogP contribution in [0.5, 0.6) is 0 Å². The maximum atomic E-state index is 12.9. The molecule has 0 radical (unpaired) electrons. The van der Waals surface area contributed by atoms with Crippen LogP contribution in [0.1, 0.15) is 41.3 Å². The monoisotopic (exact) mass is 443 g/mol. The highest BCUT2D eigenvalue weighted by molar-refractivity contribution is 7.89. The number of carbonyl (C=O) groups is 1. The van der Waals surface area contributed by atoms with Crippen LogP contribution in [0, 0.1) is 19.8 Å². The molecule has 0 spiro atoms. The first-order chi connectivity index (χ1) is 14.2. The number of fused-ring (bicyclic) bond motifs is 1. The lowest BCUT2D eigenvalue weighted by atomic mass is 10.0. The van der Waals surface area contributed by atoms with Crippen molar-refractivity contribution in [3.05, 3.63) is 53.1 Å². The maximum absolute atomic E-state index is 12.9. The van der Waals surface area contributed by atoms with Crippen LogP contribution in [-0.4, -0.2) is 36.7 Å². The van der Waals surface area contributed by atoms with Gasteiger partial charge in [0, 0.05) is 18.7 Å². The zero-order chi connectivity index (χ0) is 21.5. The summed E-state index contributed by atoms with van der Waals surface area (Å²) in [6.07, 6.45) is 1.93. The number of nitrogens with one attached hydrogen (secondary N) is 1. The summed E-state index contributed by atoms with van der Waals surface area (Å²) in [6, 6.07) is 10.2. The molecule has 0 saturated carbocycles. The highest BCUT2D eigenvalue weighted by atomic mass is 32.2. The molecule has 30 heavy (non-hydrogen) atoms. The average Bonchev–Trinajstić information content (AvgIpc) is 3.10. The minimum atomic E-state index is -3.53. The first-order valence-corrected chi connectivity index (χ1v) is 12.3. The molecule has 2 aromatic carbocycles. The molecular formula is C22H25N3O3S2. The second kappa shape index (κ2) is 8.09. The Hall–Kier alpha value is -2.29. The molecule has 0 bridgehead atoms. The molecule has 1 N–H and O–H groups in total. The standard InChI is InChI=1S/C22H25N3O3S2/c1-14-5-4-10-25(13-14)30(27,28)18-8-6-17(7-9-18)21(26)24-22-23-19-12-15(2)11-16(3)20(19)29-22/h6-9,11-12,14H,4-5,10,13H2,1-3H3,(H,23,24,26)/t14-/m1/s1. The first-order valence-electron chi connectivity index (χ1n) is 10.0. The molecule has 1 aliphatic rings. The van der Waals surface area contributed by atoms with E-state index in [-0.39, 0.29) is 10.8 Å². The van der Waals surface area contributed by atoms with Crippen LogP contribution < -0.4 is 5.32 Å². The topological polar surface area (TPSA) is 79.4 Å². The number of thiazole rings is 1. The van der Waals surface area contributed by atoms with Gasteiger partial charge in [-0.15, -0.1) is 0 Å². The molecule has 4 rings (SSSR count). The predicted octanol–water partition coefficient (Wildman–Crippen LogP) is 4.59. The average molecular weight is 444 g/mol. The summed E-state index contributed by atoms with van der Waals surface area (Å²) in [5.74, 6) is 0.0544. The van der Waals surface area contributed by atoms with Crippen molar-refractivity contribution in [1.82, 2.24) is 9.29 Å². The van der Waals surface area contributed by atoms with E-state index < -0.39 is 10.0 Å². The molecule has 1 saturated heterocycles. The van der Waals surface area contributed by atoms with Crippen molar-refractivity contribution in [3.8, 4) is 0 Å². The molecule has 1 aliphatic heterocycles. The van der Waals surface area contributed by atoms with Crippen molar-refractivity contribution in [2.24, 2.45) is 5.92 Å². The Morgan fingerprint density at radius 1 is 1.20 bits per heavy atom. The van der Waals surface area contributed by atoms with E-state index in [1.54, 1.807) is 16.4 Å². The van der Waals surface area contributed by atoms with Crippen LogP contribution >= 0.6 is 11.3 Å². The van der Waals surface area contributed by atoms with Gasteiger partial charge in [0.25, 0.3) is 5.91 Å². The molecule has 1 amide bonds. The molecule has 6 nitrogen and oxygen atoms in total. The lowest BCUT2D eigenvalue weighted by Gasteiger charge is -2.30. The summed E-state index contributed by atoms with van der Waals surface area (Å²) in [4.78, 5) is 17.4. The Morgan fingerprint density at radius 3 is 2.63 bits per heavy atom.